The van der Waals surface area contributed by atoms with Gasteiger partial charge in [-0.2, -0.15) is 25.7 Å². The Morgan fingerprint density at radius 3 is 2.83 bits per heavy atom. The van der Waals surface area contributed by atoms with Crippen LogP contribution < -0.4 is 0 Å². The van der Waals surface area contributed by atoms with Gasteiger partial charge in [0.05, 0.1) is 21.6 Å². The quantitative estimate of drug-likeness (QED) is 0.678. The molecule has 1 fully saturated rings. The number of benzene rings is 1. The Kier molecular flexibility index (Phi) is 7.83. The van der Waals surface area contributed by atoms with Crippen molar-refractivity contribution in [2.45, 2.75) is 45.4 Å². The molecule has 24 heavy (non-hydrogen) atoms. The summed E-state index contributed by atoms with van der Waals surface area (Å²) in [5, 5.41) is 1.07. The Morgan fingerprint density at radius 1 is 1.38 bits per heavy atom. The molecule has 3 rings (SSSR count). The molecule has 5 heteroatoms. The summed E-state index contributed by atoms with van der Waals surface area (Å²) in [6, 6.07) is 6.19. The van der Waals surface area contributed by atoms with Crippen molar-refractivity contribution in [3.05, 3.63) is 41.6 Å². The molecule has 1 radical (unpaired) electrons. The molecule has 0 aliphatic carbocycles. The number of hydrogen-bond donors (Lipinski definition) is 0. The van der Waals surface area contributed by atoms with Crippen molar-refractivity contribution in [3.63, 3.8) is 0 Å². The third-order valence-corrected chi connectivity index (χ3v) is 5.45. The summed E-state index contributed by atoms with van der Waals surface area (Å²) in [5.74, 6) is 1.86. The monoisotopic (exact) mass is 417 g/mol. The van der Waals surface area contributed by atoms with Gasteiger partial charge in [-0.25, -0.2) is 4.98 Å². The first-order valence-corrected chi connectivity index (χ1v) is 9.24. The number of thiazole rings is 1. The second-order valence-corrected chi connectivity index (χ2v) is 7.53. The minimum absolute atomic E-state index is 0. The van der Waals surface area contributed by atoms with Gasteiger partial charge in [-0.15, -0.1) is 17.8 Å². The van der Waals surface area contributed by atoms with Gasteiger partial charge in [-0.3, -0.25) is 4.79 Å². The van der Waals surface area contributed by atoms with Gasteiger partial charge in [0, 0.05) is 32.7 Å². The fraction of sp³-hybridized carbons (Fsp3) is 0.474. The second-order valence-electron chi connectivity index (χ2n) is 6.30. The third kappa shape index (κ3) is 5.09. The van der Waals surface area contributed by atoms with Crippen LogP contribution in [0.5, 0.6) is 0 Å². The van der Waals surface area contributed by atoms with Gasteiger partial charge in [0.1, 0.15) is 0 Å². The molecule has 0 atom stereocenters. The van der Waals surface area contributed by atoms with Crippen LogP contribution in [0.25, 0.3) is 10.2 Å². The van der Waals surface area contributed by atoms with Gasteiger partial charge < -0.3 is 17.7 Å². The molecular formula is C19H24N2OSY-2. The molecule has 2 heterocycles. The first-order chi connectivity index (χ1) is 11.2. The van der Waals surface area contributed by atoms with Gasteiger partial charge >= 0.3 is 0 Å². The molecule has 0 N–H and O–H groups in total. The van der Waals surface area contributed by atoms with E-state index >= 15 is 0 Å². The van der Waals surface area contributed by atoms with E-state index in [2.05, 4.69) is 18.0 Å². The number of aromatic nitrogens is 1. The zero-order valence-corrected chi connectivity index (χ0v) is 18.0. The summed E-state index contributed by atoms with van der Waals surface area (Å²) in [4.78, 5) is 19.0. The largest absolute Gasteiger partial charge is 0.348 e. The van der Waals surface area contributed by atoms with E-state index < -0.39 is 0 Å². The zero-order valence-electron chi connectivity index (χ0n) is 14.4. The Bertz CT molecular complexity index is 677. The van der Waals surface area contributed by atoms with E-state index in [9.17, 15) is 4.79 Å². The molecule has 1 aliphatic rings. The van der Waals surface area contributed by atoms with Crippen molar-refractivity contribution in [2.75, 3.05) is 13.1 Å². The summed E-state index contributed by atoms with van der Waals surface area (Å²) in [7, 11) is 0. The van der Waals surface area contributed by atoms with Crippen molar-refractivity contribution < 1.29 is 37.5 Å². The molecule has 3 nitrogen and oxygen atoms in total. The molecule has 1 aliphatic heterocycles. The number of nitrogens with zero attached hydrogens (tertiary/aromatic N) is 2. The van der Waals surface area contributed by atoms with E-state index in [1.807, 2.05) is 24.0 Å². The molecule has 1 aromatic heterocycles. The van der Waals surface area contributed by atoms with Gasteiger partial charge in [0.25, 0.3) is 0 Å². The van der Waals surface area contributed by atoms with Crippen LogP contribution in [0, 0.1) is 19.8 Å². The number of carbonyl (C=O) groups excluding carboxylic acids is 1. The van der Waals surface area contributed by atoms with E-state index in [1.165, 1.54) is 17.5 Å². The van der Waals surface area contributed by atoms with Crippen molar-refractivity contribution in [1.29, 1.82) is 0 Å². The van der Waals surface area contributed by atoms with E-state index in [-0.39, 0.29) is 38.6 Å². The molecule has 127 valence electrons. The number of likely N-dealkylation sites (tertiary alicyclic amines) is 1. The Labute approximate surface area is 174 Å². The van der Waals surface area contributed by atoms with Crippen LogP contribution >= 0.6 is 11.3 Å². The average Bonchev–Trinajstić information content (AvgIpc) is 2.92. The first-order valence-electron chi connectivity index (χ1n) is 8.42. The number of amides is 1. The molecule has 0 saturated carbocycles. The van der Waals surface area contributed by atoms with E-state index in [4.69, 9.17) is 0 Å². The van der Waals surface area contributed by atoms with Gasteiger partial charge in [-0.1, -0.05) is 6.07 Å². The van der Waals surface area contributed by atoms with E-state index in [0.29, 0.717) is 6.42 Å². The molecule has 1 amide bonds. The third-order valence-electron chi connectivity index (χ3n) is 4.52. The standard InChI is InChI=1S/C19H24N2OS.Y/c1-3-4-5-15-8-10-21(11-9-15)19(22)13-16-6-7-17-18(12-16)23-14(2)20-17;/h6-7,12H,1,3-5,8-11,13H2,2H3;/q-2;. The van der Waals surface area contributed by atoms with Crippen LogP contribution in [-0.2, 0) is 43.9 Å². The maximum Gasteiger partial charge on any atom is 0.226 e. The fourth-order valence-corrected chi connectivity index (χ4v) is 4.07. The van der Waals surface area contributed by atoms with Gasteiger partial charge in [0.2, 0.25) is 5.91 Å². The normalized spacial score (nSPS) is 15.5. The summed E-state index contributed by atoms with van der Waals surface area (Å²) >= 11 is 1.69. The SMILES string of the molecule is [CH2-]CCC[C-]1CCN(C(=O)Cc2ccc3nc(C)sc3c2)CC1.[Y]. The van der Waals surface area contributed by atoms with Crippen LogP contribution in [0.2, 0.25) is 0 Å². The minimum atomic E-state index is 0. The van der Waals surface area contributed by atoms with Crippen LogP contribution in [0.15, 0.2) is 18.2 Å². The average molecular weight is 417 g/mol. The first kappa shape index (κ1) is 20.0. The van der Waals surface area contributed by atoms with Crippen molar-refractivity contribution in [3.8, 4) is 0 Å². The molecule has 0 bridgehead atoms. The van der Waals surface area contributed by atoms with Gasteiger partial charge in [0.15, 0.2) is 0 Å². The summed E-state index contributed by atoms with van der Waals surface area (Å²) in [5.41, 5.74) is 2.13. The number of piperidine rings is 1. The molecule has 0 unspecified atom stereocenters. The smallest absolute Gasteiger partial charge is 0.226 e. The van der Waals surface area contributed by atoms with E-state index in [1.54, 1.807) is 17.3 Å². The summed E-state index contributed by atoms with van der Waals surface area (Å²) < 4.78 is 1.18. The topological polar surface area (TPSA) is 33.2 Å². The van der Waals surface area contributed by atoms with Crippen LogP contribution in [0.3, 0.4) is 0 Å². The predicted molar refractivity (Wildman–Crippen MR) is 96.3 cm³/mol. The number of aryl methyl sites for hydroxylation is 1. The molecule has 1 saturated heterocycles. The van der Waals surface area contributed by atoms with Crippen molar-refractivity contribution >= 4 is 27.5 Å². The van der Waals surface area contributed by atoms with Crippen LogP contribution in [-0.4, -0.2) is 28.9 Å². The zero-order chi connectivity index (χ0) is 16.2. The van der Waals surface area contributed by atoms with Gasteiger partial charge in [-0.05, 0) is 37.7 Å². The number of hydrogen-bond acceptors (Lipinski definition) is 3. The van der Waals surface area contributed by atoms with E-state index in [0.717, 1.165) is 48.4 Å². The molecule has 0 spiro atoms. The van der Waals surface area contributed by atoms with Crippen LogP contribution in [0.1, 0.15) is 42.7 Å². The maximum absolute atomic E-state index is 12.5. The minimum Gasteiger partial charge on any atom is -0.348 e. The number of fused-ring (bicyclic) bond motifs is 1. The van der Waals surface area contributed by atoms with Crippen molar-refractivity contribution in [1.82, 2.24) is 9.88 Å². The van der Waals surface area contributed by atoms with Crippen molar-refractivity contribution in [2.24, 2.45) is 0 Å². The number of carbonyl (C=O) groups is 1. The molecule has 1 aromatic carbocycles. The Hall–Kier alpha value is -0.316. The number of unbranched alkanes of at least 4 members (excludes halogenated alkanes) is 1. The second kappa shape index (κ2) is 9.40. The predicted octanol–water partition coefficient (Wildman–Crippen LogP) is 4.35. The number of rotatable bonds is 5. The summed E-state index contributed by atoms with van der Waals surface area (Å²) in [6.07, 6.45) is 6.01. The molecular weight excluding hydrogens is 393 g/mol. The Balaban J connectivity index is 0.00000208. The molecule has 2 aromatic rings. The maximum atomic E-state index is 12.5. The Morgan fingerprint density at radius 2 is 2.12 bits per heavy atom. The summed E-state index contributed by atoms with van der Waals surface area (Å²) in [6.45, 7) is 7.69. The fourth-order valence-electron chi connectivity index (χ4n) is 3.18. The van der Waals surface area contributed by atoms with Crippen LogP contribution in [0.4, 0.5) is 0 Å².